The molecule has 0 amide bonds. The van der Waals surface area contributed by atoms with Crippen LogP contribution in [0.1, 0.15) is 75.3 Å². The van der Waals surface area contributed by atoms with Crippen molar-refractivity contribution in [2.75, 3.05) is 0 Å². The summed E-state index contributed by atoms with van der Waals surface area (Å²) in [4.78, 5) is 0. The normalized spacial score (nSPS) is 31.3. The number of nitrogens with zero attached hydrogens (tertiary/aromatic N) is 1. The molecule has 2 aliphatic rings. The second-order valence-electron chi connectivity index (χ2n) is 7.35. The smallest absolute Gasteiger partial charge is 0.141 e. The van der Waals surface area contributed by atoms with Crippen LogP contribution in [0.2, 0.25) is 0 Å². The number of benzene rings is 1. The first kappa shape index (κ1) is 15.5. The van der Waals surface area contributed by atoms with Crippen molar-refractivity contribution in [3.8, 4) is 6.07 Å². The van der Waals surface area contributed by atoms with Crippen LogP contribution in [0.5, 0.6) is 0 Å². The van der Waals surface area contributed by atoms with E-state index < -0.39 is 0 Å². The molecule has 4 atom stereocenters. The average molecular weight is 299 g/mol. The number of nitriles is 1. The molecule has 0 radical (unpaired) electrons. The molecule has 0 bridgehead atoms. The molecule has 1 nitrogen and oxygen atoms in total. The fourth-order valence-corrected chi connectivity index (χ4v) is 4.84. The van der Waals surface area contributed by atoms with Gasteiger partial charge in [0.05, 0.1) is 5.56 Å². The van der Waals surface area contributed by atoms with Gasteiger partial charge < -0.3 is 0 Å². The van der Waals surface area contributed by atoms with Crippen LogP contribution in [0.25, 0.3) is 0 Å². The van der Waals surface area contributed by atoms with Crippen molar-refractivity contribution in [2.24, 2.45) is 17.8 Å². The van der Waals surface area contributed by atoms with E-state index in [-0.39, 0.29) is 11.4 Å². The van der Waals surface area contributed by atoms with Gasteiger partial charge in [-0.05, 0) is 73.5 Å². The lowest BCUT2D eigenvalue weighted by atomic mass is 9.63. The summed E-state index contributed by atoms with van der Waals surface area (Å²) in [5.74, 6) is 2.84. The molecular formula is C20H26FN. The van der Waals surface area contributed by atoms with Gasteiger partial charge in [0.2, 0.25) is 0 Å². The van der Waals surface area contributed by atoms with E-state index in [2.05, 4.69) is 6.92 Å². The van der Waals surface area contributed by atoms with Gasteiger partial charge >= 0.3 is 0 Å². The lowest BCUT2D eigenvalue weighted by Gasteiger charge is -2.42. The summed E-state index contributed by atoms with van der Waals surface area (Å²) < 4.78 is 13.9. The zero-order valence-electron chi connectivity index (χ0n) is 13.5. The van der Waals surface area contributed by atoms with E-state index in [1.807, 2.05) is 12.1 Å². The molecule has 0 heterocycles. The lowest BCUT2D eigenvalue weighted by molar-refractivity contribution is 0.114. The summed E-state index contributed by atoms with van der Waals surface area (Å²) in [6.45, 7) is 2.29. The maximum absolute atomic E-state index is 13.9. The van der Waals surface area contributed by atoms with E-state index in [9.17, 15) is 4.39 Å². The number of rotatable bonds is 3. The quantitative estimate of drug-likeness (QED) is 0.692. The van der Waals surface area contributed by atoms with E-state index in [0.717, 1.165) is 23.3 Å². The topological polar surface area (TPSA) is 23.8 Å². The van der Waals surface area contributed by atoms with Gasteiger partial charge in [0.1, 0.15) is 11.9 Å². The molecule has 2 saturated carbocycles. The van der Waals surface area contributed by atoms with E-state index in [0.29, 0.717) is 5.92 Å². The van der Waals surface area contributed by atoms with Gasteiger partial charge in [-0.2, -0.15) is 5.26 Å². The molecule has 2 fully saturated rings. The van der Waals surface area contributed by atoms with Gasteiger partial charge in [0.25, 0.3) is 0 Å². The van der Waals surface area contributed by atoms with Gasteiger partial charge in [-0.25, -0.2) is 4.39 Å². The van der Waals surface area contributed by atoms with E-state index in [1.54, 1.807) is 12.1 Å². The van der Waals surface area contributed by atoms with Crippen LogP contribution in [0.3, 0.4) is 0 Å². The Balaban J connectivity index is 1.65. The highest BCUT2D eigenvalue weighted by atomic mass is 19.1. The summed E-state index contributed by atoms with van der Waals surface area (Å²) in [5.41, 5.74) is 1.27. The van der Waals surface area contributed by atoms with Crippen molar-refractivity contribution >= 4 is 0 Å². The summed E-state index contributed by atoms with van der Waals surface area (Å²) in [5, 5.41) is 8.85. The predicted molar refractivity (Wildman–Crippen MR) is 86.9 cm³/mol. The number of hydrogen-bond donors (Lipinski definition) is 0. The monoisotopic (exact) mass is 299 g/mol. The van der Waals surface area contributed by atoms with Crippen molar-refractivity contribution in [3.63, 3.8) is 0 Å². The maximum atomic E-state index is 13.9. The van der Waals surface area contributed by atoms with Crippen molar-refractivity contribution < 1.29 is 4.39 Å². The molecule has 0 spiro atoms. The molecule has 118 valence electrons. The largest absolute Gasteiger partial charge is 0.206 e. The maximum Gasteiger partial charge on any atom is 0.141 e. The Kier molecular flexibility index (Phi) is 4.81. The van der Waals surface area contributed by atoms with Gasteiger partial charge in [-0.3, -0.25) is 0 Å². The van der Waals surface area contributed by atoms with Crippen molar-refractivity contribution in [1.82, 2.24) is 0 Å². The number of fused-ring (bicyclic) bond motifs is 1. The molecule has 1 aromatic carbocycles. The zero-order chi connectivity index (χ0) is 15.5. The third-order valence-corrected chi connectivity index (χ3v) is 6.00. The second-order valence-corrected chi connectivity index (χ2v) is 7.35. The Labute approximate surface area is 133 Å². The molecule has 0 aromatic heterocycles. The van der Waals surface area contributed by atoms with Crippen LogP contribution >= 0.6 is 0 Å². The van der Waals surface area contributed by atoms with Crippen LogP contribution < -0.4 is 0 Å². The lowest BCUT2D eigenvalue weighted by Crippen LogP contribution is -2.30. The van der Waals surface area contributed by atoms with Crippen LogP contribution in [-0.4, -0.2) is 0 Å². The minimum atomic E-state index is -0.353. The first-order valence-electron chi connectivity index (χ1n) is 8.90. The predicted octanol–water partition coefficient (Wildman–Crippen LogP) is 5.80. The Hall–Kier alpha value is -1.36. The van der Waals surface area contributed by atoms with E-state index in [1.165, 1.54) is 51.4 Å². The Morgan fingerprint density at radius 2 is 1.91 bits per heavy atom. The van der Waals surface area contributed by atoms with Gasteiger partial charge in [-0.1, -0.05) is 32.3 Å². The zero-order valence-corrected chi connectivity index (χ0v) is 13.5. The molecule has 2 heteroatoms. The van der Waals surface area contributed by atoms with Crippen LogP contribution in [0.15, 0.2) is 18.2 Å². The molecular weight excluding hydrogens is 273 g/mol. The van der Waals surface area contributed by atoms with E-state index >= 15 is 0 Å². The Bertz CT molecular complexity index is 559. The van der Waals surface area contributed by atoms with Crippen molar-refractivity contribution in [3.05, 3.63) is 35.1 Å². The van der Waals surface area contributed by atoms with Crippen LogP contribution in [0.4, 0.5) is 4.39 Å². The Morgan fingerprint density at radius 3 is 2.64 bits per heavy atom. The minimum Gasteiger partial charge on any atom is -0.206 e. The molecule has 22 heavy (non-hydrogen) atoms. The first-order chi connectivity index (χ1) is 10.7. The number of hydrogen-bond acceptors (Lipinski definition) is 1. The summed E-state index contributed by atoms with van der Waals surface area (Å²) >= 11 is 0. The highest BCUT2D eigenvalue weighted by molar-refractivity contribution is 5.35. The molecule has 0 aliphatic heterocycles. The summed E-state index contributed by atoms with van der Waals surface area (Å²) in [7, 11) is 0. The van der Waals surface area contributed by atoms with Crippen molar-refractivity contribution in [2.45, 2.75) is 64.2 Å². The highest BCUT2D eigenvalue weighted by Crippen LogP contribution is 2.48. The fourth-order valence-electron chi connectivity index (χ4n) is 4.84. The summed E-state index contributed by atoms with van der Waals surface area (Å²) in [6.07, 6.45) is 10.6. The molecule has 3 rings (SSSR count). The Morgan fingerprint density at radius 1 is 1.14 bits per heavy atom. The third-order valence-electron chi connectivity index (χ3n) is 6.00. The highest BCUT2D eigenvalue weighted by Gasteiger charge is 2.35. The SMILES string of the molecule is CCC[C@@H]1CC[C@@H]2C[C@H](c3ccc(C#N)c(F)c3)CC[C@@H]2C1. The molecule has 0 unspecified atom stereocenters. The van der Waals surface area contributed by atoms with Gasteiger partial charge in [0.15, 0.2) is 0 Å². The van der Waals surface area contributed by atoms with Gasteiger partial charge in [0, 0.05) is 0 Å². The second kappa shape index (κ2) is 6.82. The molecule has 0 N–H and O–H groups in total. The van der Waals surface area contributed by atoms with E-state index in [4.69, 9.17) is 5.26 Å². The minimum absolute atomic E-state index is 0.164. The fraction of sp³-hybridized carbons (Fsp3) is 0.650. The van der Waals surface area contributed by atoms with Crippen molar-refractivity contribution in [1.29, 1.82) is 5.26 Å². The van der Waals surface area contributed by atoms with Crippen LogP contribution in [0, 0.1) is 34.9 Å². The average Bonchev–Trinajstić information content (AvgIpc) is 2.54. The van der Waals surface area contributed by atoms with Gasteiger partial charge in [-0.15, -0.1) is 0 Å². The molecule has 2 aliphatic carbocycles. The summed E-state index contributed by atoms with van der Waals surface area (Å²) in [6, 6.07) is 7.13. The van der Waals surface area contributed by atoms with Crippen LogP contribution in [-0.2, 0) is 0 Å². The standard InChI is InChI=1S/C20H26FN/c1-2-3-14-4-5-16-11-17(7-6-15(16)10-14)18-8-9-19(13-22)20(21)12-18/h8-9,12,14-17H,2-7,10-11H2,1H3/t14-,15-,16-,17-/m1/s1. The first-order valence-corrected chi connectivity index (χ1v) is 8.90. The molecule has 0 saturated heterocycles. The molecule has 1 aromatic rings. The number of halogens is 1. The third kappa shape index (κ3) is 3.19.